The highest BCUT2D eigenvalue weighted by Gasteiger charge is 2.32. The van der Waals surface area contributed by atoms with Crippen molar-refractivity contribution in [1.82, 2.24) is 0 Å². The van der Waals surface area contributed by atoms with Crippen molar-refractivity contribution >= 4 is 23.9 Å². The van der Waals surface area contributed by atoms with Crippen LogP contribution in [0.25, 0.3) is 0 Å². The van der Waals surface area contributed by atoms with Crippen LogP contribution in [0.3, 0.4) is 0 Å². The Labute approximate surface area is 571 Å². The van der Waals surface area contributed by atoms with E-state index < -0.39 is 0 Å². The maximum atomic E-state index is 11.5. The van der Waals surface area contributed by atoms with Gasteiger partial charge in [0.1, 0.15) is 0 Å². The number of hydrogen-bond donors (Lipinski definition) is 0. The van der Waals surface area contributed by atoms with Crippen LogP contribution in [0.15, 0.2) is 0 Å². The number of carbonyl (C=O) groups is 4. The third kappa shape index (κ3) is 38.1. The van der Waals surface area contributed by atoms with E-state index in [-0.39, 0.29) is 23.9 Å². The second kappa shape index (κ2) is 50.2. The number of rotatable bonds is 51. The summed E-state index contributed by atoms with van der Waals surface area (Å²) in [5.41, 5.74) is 0. The Morgan fingerprint density at radius 1 is 0.283 bits per heavy atom. The van der Waals surface area contributed by atoms with Crippen molar-refractivity contribution < 1.29 is 38.1 Å². The fraction of sp³-hybridized carbons (Fsp3) is 0.952. The maximum absolute atomic E-state index is 11.5. The molecule has 19 atom stereocenters. The predicted octanol–water partition coefficient (Wildman–Crippen LogP) is 24.6. The lowest BCUT2D eigenvalue weighted by atomic mass is 9.83. The summed E-state index contributed by atoms with van der Waals surface area (Å²) in [6, 6.07) is 0. The van der Waals surface area contributed by atoms with E-state index in [2.05, 4.69) is 76.2 Å². The molecule has 10 unspecified atom stereocenters. The quantitative estimate of drug-likeness (QED) is 0.0337. The highest BCUT2D eigenvalue weighted by atomic mass is 16.5. The fourth-order valence-electron chi connectivity index (χ4n) is 18.4. The second-order valence-corrected chi connectivity index (χ2v) is 33.8. The number of carbonyl (C=O) groups excluding carboxylic acids is 4. The first-order valence-electron chi connectivity index (χ1n) is 40.4. The zero-order valence-electron chi connectivity index (χ0n) is 63.8. The lowest BCUT2D eigenvalue weighted by molar-refractivity contribution is -0.142. The molecule has 4 aliphatic rings. The lowest BCUT2D eigenvalue weighted by Crippen LogP contribution is -2.11. The van der Waals surface area contributed by atoms with Gasteiger partial charge in [0.25, 0.3) is 0 Å². The van der Waals surface area contributed by atoms with Crippen LogP contribution in [0.2, 0.25) is 0 Å². The molecule has 0 aliphatic heterocycles. The van der Waals surface area contributed by atoms with E-state index in [1.807, 2.05) is 0 Å². The van der Waals surface area contributed by atoms with E-state index in [1.54, 1.807) is 0 Å². The van der Waals surface area contributed by atoms with Gasteiger partial charge in [-0.1, -0.05) is 294 Å². The van der Waals surface area contributed by atoms with Crippen molar-refractivity contribution in [1.29, 1.82) is 0 Å². The Balaban J connectivity index is 0.000000481. The molecule has 0 spiro atoms. The van der Waals surface area contributed by atoms with Gasteiger partial charge in [-0.15, -0.1) is 0 Å². The van der Waals surface area contributed by atoms with Crippen LogP contribution in [0.5, 0.6) is 0 Å². The van der Waals surface area contributed by atoms with E-state index >= 15 is 0 Å². The normalized spacial score (nSPS) is 25.1. The van der Waals surface area contributed by atoms with Gasteiger partial charge in [-0.25, -0.2) is 0 Å². The highest BCUT2D eigenvalue weighted by molar-refractivity contribution is 5.70. The molecule has 0 radical (unpaired) electrons. The van der Waals surface area contributed by atoms with E-state index in [1.165, 1.54) is 272 Å². The Hall–Kier alpha value is -2.12. The Bertz CT molecular complexity index is 1870. The van der Waals surface area contributed by atoms with Crippen molar-refractivity contribution in [2.75, 3.05) is 28.4 Å². The van der Waals surface area contributed by atoms with Gasteiger partial charge in [0.2, 0.25) is 0 Å². The first-order chi connectivity index (χ1) is 44.1. The SMILES string of the molecule is CCC(CCCC(C)[C@H]1CCC(CCC[C@@H](C)CC(=O)OC)C1)CCC(C)CCC[C@H](C)C1CCC(CCC[C@@H](C)CC(=O)OC)C1.COC(=O)CC(C)CCC[C@H]1CCC([C@H](C)CCCCCC[C@@H](C)CCC[C@@H](C)C2CC[C@H](CCCC(C)CC(=O)OC)C2)C1. The molecule has 0 bridgehead atoms. The van der Waals surface area contributed by atoms with Crippen LogP contribution in [0.4, 0.5) is 0 Å². The predicted molar refractivity (Wildman–Crippen MR) is 389 cm³/mol. The van der Waals surface area contributed by atoms with Crippen molar-refractivity contribution in [3.8, 4) is 0 Å². The zero-order valence-corrected chi connectivity index (χ0v) is 63.8. The van der Waals surface area contributed by atoms with E-state index in [0.717, 1.165) is 114 Å². The average Bonchev–Trinajstić information content (AvgIpc) is 2.44. The second-order valence-electron chi connectivity index (χ2n) is 33.8. The molecule has 4 aliphatic carbocycles. The smallest absolute Gasteiger partial charge is 0.305 e. The van der Waals surface area contributed by atoms with Crippen molar-refractivity contribution in [2.45, 2.75) is 372 Å². The van der Waals surface area contributed by atoms with Gasteiger partial charge in [-0.05, 0) is 164 Å². The van der Waals surface area contributed by atoms with Crippen molar-refractivity contribution in [2.24, 2.45) is 112 Å². The molecule has 4 saturated carbocycles. The van der Waals surface area contributed by atoms with Crippen LogP contribution in [-0.2, 0) is 38.1 Å². The topological polar surface area (TPSA) is 105 Å². The summed E-state index contributed by atoms with van der Waals surface area (Å²) in [5.74, 6) is 15.3. The van der Waals surface area contributed by atoms with Gasteiger partial charge in [0.15, 0.2) is 0 Å². The number of esters is 4. The Morgan fingerprint density at radius 3 is 0.826 bits per heavy atom. The van der Waals surface area contributed by atoms with Crippen LogP contribution in [0, 0.1) is 112 Å². The fourth-order valence-corrected chi connectivity index (χ4v) is 18.4. The number of hydrogen-bond acceptors (Lipinski definition) is 8. The van der Waals surface area contributed by atoms with Gasteiger partial charge in [0.05, 0.1) is 28.4 Å². The van der Waals surface area contributed by atoms with Crippen molar-refractivity contribution in [3.63, 3.8) is 0 Å². The van der Waals surface area contributed by atoms with Crippen LogP contribution < -0.4 is 0 Å². The van der Waals surface area contributed by atoms with Crippen molar-refractivity contribution in [3.05, 3.63) is 0 Å². The zero-order chi connectivity index (χ0) is 67.6. The molecule has 0 aromatic rings. The summed E-state index contributed by atoms with van der Waals surface area (Å²) in [4.78, 5) is 45.9. The molecule has 540 valence electrons. The number of unbranched alkanes of at least 4 members (excludes halogenated alkanes) is 3. The summed E-state index contributed by atoms with van der Waals surface area (Å²) in [7, 11) is 5.98. The maximum Gasteiger partial charge on any atom is 0.305 e. The number of ether oxygens (including phenoxy) is 4. The summed E-state index contributed by atoms with van der Waals surface area (Å²) in [6.07, 6.45) is 60.2. The largest absolute Gasteiger partial charge is 0.469 e. The molecule has 8 nitrogen and oxygen atoms in total. The molecular formula is C84H156O8. The molecule has 4 fully saturated rings. The van der Waals surface area contributed by atoms with Crippen LogP contribution >= 0.6 is 0 Å². The summed E-state index contributed by atoms with van der Waals surface area (Å²) < 4.78 is 19.3. The minimum atomic E-state index is -0.0612. The molecule has 92 heavy (non-hydrogen) atoms. The van der Waals surface area contributed by atoms with Crippen LogP contribution in [-0.4, -0.2) is 52.3 Å². The Morgan fingerprint density at radius 2 is 0.533 bits per heavy atom. The molecule has 4 rings (SSSR count). The summed E-state index contributed by atoms with van der Waals surface area (Å²) in [5, 5.41) is 0. The molecule has 0 aromatic heterocycles. The Kier molecular flexibility index (Phi) is 45.9. The van der Waals surface area contributed by atoms with E-state index in [4.69, 9.17) is 18.9 Å². The van der Waals surface area contributed by atoms with Gasteiger partial charge in [-0.2, -0.15) is 0 Å². The van der Waals surface area contributed by atoms with E-state index in [0.29, 0.717) is 49.4 Å². The summed E-state index contributed by atoms with van der Waals surface area (Å²) >= 11 is 0. The first-order valence-corrected chi connectivity index (χ1v) is 40.4. The molecule has 8 heteroatoms. The minimum Gasteiger partial charge on any atom is -0.469 e. The van der Waals surface area contributed by atoms with Gasteiger partial charge >= 0.3 is 23.9 Å². The molecule has 0 aromatic carbocycles. The van der Waals surface area contributed by atoms with Gasteiger partial charge < -0.3 is 18.9 Å². The van der Waals surface area contributed by atoms with Gasteiger partial charge in [0, 0.05) is 25.7 Å². The summed E-state index contributed by atoms with van der Waals surface area (Å²) in [6.45, 7) is 26.3. The minimum absolute atomic E-state index is 0.0607. The van der Waals surface area contributed by atoms with E-state index in [9.17, 15) is 19.2 Å². The molecule has 0 heterocycles. The molecular weight excluding hydrogens is 1140 g/mol. The molecule has 0 saturated heterocycles. The first kappa shape index (κ1) is 84.1. The molecule has 0 amide bonds. The highest BCUT2D eigenvalue weighted by Crippen LogP contribution is 2.44. The number of methoxy groups -OCH3 is 4. The third-order valence-electron chi connectivity index (χ3n) is 25.5. The monoisotopic (exact) mass is 1290 g/mol. The average molecular weight is 1290 g/mol. The standard InChI is InChI=1S/C43H80O4.C41H76O4/c1-9-37(19-13-18-36(6)41-27-25-39(31-41)21-12-16-34(4)29-43(45)47-8)23-22-32(2)14-10-17-35(5)40-26-24-38(30-40)20-11-15-33(3)28-42(44)46-7;1-31(16-12-20-35(5)39-26-24-37(30-39)22-14-18-33(3)28-41(43)45-7)15-10-8-9-11-19-34(4)38-25-23-36(29-38)21-13-17-32(2)27-40(42)44-6/h32-41H,9-31H2,1-8H3;31-39H,8-30H2,1-7H3/t32?,33-,34-,35+,36?,37?,38?,39?,40?,41+;31-,32?,33?,34-,35-,36+,37+,38?,39?/m11/s1. The third-order valence-corrected chi connectivity index (χ3v) is 25.5. The van der Waals surface area contributed by atoms with Gasteiger partial charge in [-0.3, -0.25) is 19.2 Å². The molecule has 0 N–H and O–H groups in total. The van der Waals surface area contributed by atoms with Crippen LogP contribution in [0.1, 0.15) is 372 Å². The lowest BCUT2D eigenvalue weighted by Gasteiger charge is -2.23.